The van der Waals surface area contributed by atoms with Crippen LogP contribution in [-0.2, 0) is 10.0 Å². The molecule has 0 aliphatic heterocycles. The van der Waals surface area contributed by atoms with E-state index in [0.717, 1.165) is 16.4 Å². The molecule has 0 bridgehead atoms. The maximum Gasteiger partial charge on any atom is 0.263 e. The topological polar surface area (TPSA) is 91.9 Å². The van der Waals surface area contributed by atoms with Crippen molar-refractivity contribution in [2.75, 3.05) is 4.72 Å². The quantitative estimate of drug-likeness (QED) is 0.771. The number of pyridine rings is 1. The number of aromatic amines is 1. The summed E-state index contributed by atoms with van der Waals surface area (Å²) in [6.45, 7) is 0. The van der Waals surface area contributed by atoms with Crippen molar-refractivity contribution < 1.29 is 8.42 Å². The van der Waals surface area contributed by atoms with Crippen LogP contribution < -0.4 is 10.3 Å². The first-order valence-electron chi connectivity index (χ1n) is 5.59. The number of anilines is 1. The first kappa shape index (κ1) is 12.8. The van der Waals surface area contributed by atoms with Gasteiger partial charge in [0.15, 0.2) is 0 Å². The average molecular weight is 307 g/mol. The van der Waals surface area contributed by atoms with Crippen LogP contribution >= 0.6 is 11.3 Å². The van der Waals surface area contributed by atoms with E-state index in [-0.39, 0.29) is 10.5 Å². The van der Waals surface area contributed by atoms with E-state index in [1.165, 1.54) is 23.5 Å². The number of hydrogen-bond donors (Lipinski definition) is 2. The van der Waals surface area contributed by atoms with Crippen molar-refractivity contribution in [3.05, 3.63) is 52.4 Å². The number of aromatic nitrogens is 2. The highest BCUT2D eigenvalue weighted by Crippen LogP contribution is 2.23. The molecule has 1 aromatic carbocycles. The number of fused-ring (bicyclic) bond motifs is 1. The number of sulfonamides is 1. The van der Waals surface area contributed by atoms with Gasteiger partial charge in [0, 0.05) is 12.3 Å². The van der Waals surface area contributed by atoms with E-state index in [2.05, 4.69) is 14.7 Å². The van der Waals surface area contributed by atoms with E-state index in [1.807, 2.05) is 0 Å². The van der Waals surface area contributed by atoms with Crippen molar-refractivity contribution in [1.82, 2.24) is 9.97 Å². The Morgan fingerprint density at radius 3 is 2.80 bits per heavy atom. The summed E-state index contributed by atoms with van der Waals surface area (Å²) >= 11 is 1.43. The fourth-order valence-electron chi connectivity index (χ4n) is 1.70. The minimum absolute atomic E-state index is 0.00139. The number of rotatable bonds is 3. The second-order valence-electron chi connectivity index (χ2n) is 4.03. The maximum atomic E-state index is 12.1. The van der Waals surface area contributed by atoms with Gasteiger partial charge in [-0.25, -0.2) is 13.4 Å². The largest absolute Gasteiger partial charge is 0.328 e. The Balaban J connectivity index is 1.96. The van der Waals surface area contributed by atoms with Crippen molar-refractivity contribution in [2.24, 2.45) is 0 Å². The van der Waals surface area contributed by atoms with Crippen molar-refractivity contribution in [3.63, 3.8) is 0 Å². The highest BCUT2D eigenvalue weighted by molar-refractivity contribution is 7.92. The van der Waals surface area contributed by atoms with E-state index in [4.69, 9.17) is 0 Å². The van der Waals surface area contributed by atoms with Gasteiger partial charge in [-0.05, 0) is 24.3 Å². The molecule has 0 unspecified atom stereocenters. The lowest BCUT2D eigenvalue weighted by Crippen LogP contribution is -2.15. The van der Waals surface area contributed by atoms with E-state index in [0.29, 0.717) is 5.69 Å². The highest BCUT2D eigenvalue weighted by atomic mass is 32.2. The molecular formula is C12H9N3O3S2. The SMILES string of the molecule is O=c1ccc(S(=O)(=O)Nc2ccc3ncsc3c2)c[nH]1. The summed E-state index contributed by atoms with van der Waals surface area (Å²) in [5.41, 5.74) is 2.62. The standard InChI is InChI=1S/C12H9N3O3S2/c16-12-4-2-9(6-13-12)20(17,18)15-8-1-3-10-11(5-8)19-7-14-10/h1-7,15H,(H,13,16). The first-order chi connectivity index (χ1) is 9.54. The van der Waals surface area contributed by atoms with Gasteiger partial charge in [-0.1, -0.05) is 0 Å². The van der Waals surface area contributed by atoms with Gasteiger partial charge in [-0.15, -0.1) is 11.3 Å². The number of nitrogens with one attached hydrogen (secondary N) is 2. The predicted octanol–water partition coefficient (Wildman–Crippen LogP) is 1.79. The van der Waals surface area contributed by atoms with Crippen LogP contribution in [0.25, 0.3) is 10.2 Å². The maximum absolute atomic E-state index is 12.1. The zero-order valence-corrected chi connectivity index (χ0v) is 11.7. The second-order valence-corrected chi connectivity index (χ2v) is 6.60. The molecule has 2 heterocycles. The molecule has 0 amide bonds. The molecule has 0 saturated carbocycles. The van der Waals surface area contributed by atoms with E-state index < -0.39 is 10.0 Å². The Morgan fingerprint density at radius 1 is 1.20 bits per heavy atom. The molecule has 2 aromatic heterocycles. The van der Waals surface area contributed by atoms with Gasteiger partial charge in [0.25, 0.3) is 10.0 Å². The highest BCUT2D eigenvalue weighted by Gasteiger charge is 2.14. The van der Waals surface area contributed by atoms with Crippen molar-refractivity contribution in [3.8, 4) is 0 Å². The number of thiazole rings is 1. The predicted molar refractivity (Wildman–Crippen MR) is 77.5 cm³/mol. The Bertz CT molecular complexity index is 908. The number of nitrogens with zero attached hydrogens (tertiary/aromatic N) is 1. The molecule has 6 nitrogen and oxygen atoms in total. The third-order valence-corrected chi connectivity index (χ3v) is 4.82. The molecule has 0 aliphatic carbocycles. The Hall–Kier alpha value is -2.19. The fraction of sp³-hybridized carbons (Fsp3) is 0. The van der Waals surface area contributed by atoms with Gasteiger partial charge < -0.3 is 4.98 Å². The average Bonchev–Trinajstić information content (AvgIpc) is 2.86. The number of H-pyrrole nitrogens is 1. The van der Waals surface area contributed by atoms with Crippen molar-refractivity contribution >= 4 is 37.3 Å². The smallest absolute Gasteiger partial charge is 0.263 e. The van der Waals surface area contributed by atoms with E-state index >= 15 is 0 Å². The van der Waals surface area contributed by atoms with Crippen LogP contribution in [0.1, 0.15) is 0 Å². The first-order valence-corrected chi connectivity index (χ1v) is 7.96. The van der Waals surface area contributed by atoms with Crippen LogP contribution in [0.4, 0.5) is 5.69 Å². The third kappa shape index (κ3) is 2.43. The van der Waals surface area contributed by atoms with Gasteiger partial charge in [0.2, 0.25) is 5.56 Å². The van der Waals surface area contributed by atoms with Gasteiger partial charge in [0.1, 0.15) is 4.90 Å². The Morgan fingerprint density at radius 2 is 2.05 bits per heavy atom. The summed E-state index contributed by atoms with van der Waals surface area (Å²) in [5, 5.41) is 0. The van der Waals surface area contributed by atoms with Gasteiger partial charge in [-0.3, -0.25) is 9.52 Å². The lowest BCUT2D eigenvalue weighted by Gasteiger charge is -2.07. The monoisotopic (exact) mass is 307 g/mol. The molecule has 0 fully saturated rings. The molecular weight excluding hydrogens is 298 g/mol. The molecule has 20 heavy (non-hydrogen) atoms. The summed E-state index contributed by atoms with van der Waals surface area (Å²) in [5.74, 6) is 0. The molecule has 0 spiro atoms. The van der Waals surface area contributed by atoms with E-state index in [9.17, 15) is 13.2 Å². The van der Waals surface area contributed by atoms with Crippen molar-refractivity contribution in [2.45, 2.75) is 4.90 Å². The normalized spacial score (nSPS) is 11.6. The molecule has 3 aromatic rings. The Kier molecular flexibility index (Phi) is 3.03. The van der Waals surface area contributed by atoms with Gasteiger partial charge in [-0.2, -0.15) is 0 Å². The van der Waals surface area contributed by atoms with Crippen LogP contribution in [0.15, 0.2) is 51.7 Å². The number of benzene rings is 1. The lowest BCUT2D eigenvalue weighted by molar-refractivity contribution is 0.600. The summed E-state index contributed by atoms with van der Waals surface area (Å²) in [6, 6.07) is 7.53. The fourth-order valence-corrected chi connectivity index (χ4v) is 3.43. The van der Waals surface area contributed by atoms with Crippen LogP contribution in [0, 0.1) is 0 Å². The molecule has 0 radical (unpaired) electrons. The minimum Gasteiger partial charge on any atom is -0.328 e. The molecule has 0 atom stereocenters. The Labute approximate surface area is 118 Å². The lowest BCUT2D eigenvalue weighted by atomic mass is 10.3. The summed E-state index contributed by atoms with van der Waals surface area (Å²) < 4.78 is 27.6. The number of hydrogen-bond acceptors (Lipinski definition) is 5. The van der Waals surface area contributed by atoms with Gasteiger partial charge >= 0.3 is 0 Å². The molecule has 2 N–H and O–H groups in total. The minimum atomic E-state index is -3.72. The van der Waals surface area contributed by atoms with Crippen LogP contribution in [0.2, 0.25) is 0 Å². The molecule has 3 rings (SSSR count). The zero-order valence-electron chi connectivity index (χ0n) is 10.0. The molecule has 8 heteroatoms. The van der Waals surface area contributed by atoms with Crippen LogP contribution in [0.5, 0.6) is 0 Å². The summed E-state index contributed by atoms with van der Waals surface area (Å²) in [7, 11) is -3.72. The van der Waals surface area contributed by atoms with E-state index in [1.54, 1.807) is 23.7 Å². The van der Waals surface area contributed by atoms with Crippen LogP contribution in [0.3, 0.4) is 0 Å². The van der Waals surface area contributed by atoms with Crippen molar-refractivity contribution in [1.29, 1.82) is 0 Å². The zero-order chi connectivity index (χ0) is 14.2. The molecule has 0 aliphatic rings. The summed E-state index contributed by atoms with van der Waals surface area (Å²) in [4.78, 5) is 17.4. The van der Waals surface area contributed by atoms with Crippen LogP contribution in [-0.4, -0.2) is 18.4 Å². The third-order valence-electron chi connectivity index (χ3n) is 2.65. The molecule has 0 saturated heterocycles. The second kappa shape index (κ2) is 4.73. The van der Waals surface area contributed by atoms with Gasteiger partial charge in [0.05, 0.1) is 21.4 Å². The summed E-state index contributed by atoms with van der Waals surface area (Å²) in [6.07, 6.45) is 1.16. The molecule has 102 valence electrons.